The van der Waals surface area contributed by atoms with E-state index in [4.69, 9.17) is 4.74 Å². The van der Waals surface area contributed by atoms with Crippen LogP contribution >= 0.6 is 0 Å². The van der Waals surface area contributed by atoms with Crippen LogP contribution in [0.4, 0.5) is 0 Å². The van der Waals surface area contributed by atoms with Crippen molar-refractivity contribution in [3.05, 3.63) is 35.4 Å². The molecule has 2 nitrogen and oxygen atoms in total. The van der Waals surface area contributed by atoms with Crippen LogP contribution in [0.2, 0.25) is 0 Å². The van der Waals surface area contributed by atoms with E-state index in [2.05, 4.69) is 6.92 Å². The molecule has 2 heteroatoms. The minimum Gasteiger partial charge on any atom is -0.456 e. The van der Waals surface area contributed by atoms with Gasteiger partial charge in [-0.25, -0.2) is 4.79 Å². The summed E-state index contributed by atoms with van der Waals surface area (Å²) in [4.78, 5) is 11.9. The Morgan fingerprint density at radius 1 is 1.24 bits per heavy atom. The molecule has 0 saturated heterocycles. The highest BCUT2D eigenvalue weighted by atomic mass is 16.6. The Bertz CT molecular complexity index is 374. The van der Waals surface area contributed by atoms with Crippen LogP contribution in [0.1, 0.15) is 50.5 Å². The minimum atomic E-state index is -0.430. The number of benzene rings is 1. The zero-order chi connectivity index (χ0) is 13.1. The number of hydrogen-bond donors (Lipinski definition) is 0. The fourth-order valence-electron chi connectivity index (χ4n) is 1.29. The van der Waals surface area contributed by atoms with Crippen LogP contribution in [0.15, 0.2) is 24.3 Å². The molecule has 17 heavy (non-hydrogen) atoms. The Kier molecular flexibility index (Phi) is 4.33. The first-order chi connectivity index (χ1) is 7.86. The summed E-state index contributed by atoms with van der Waals surface area (Å²) in [5, 5.41) is 0. The number of carbonyl (C=O) groups is 1. The van der Waals surface area contributed by atoms with E-state index in [9.17, 15) is 4.79 Å². The maximum absolute atomic E-state index is 11.9. The van der Waals surface area contributed by atoms with Crippen LogP contribution in [-0.4, -0.2) is 11.6 Å². The Labute approximate surface area is 104 Å². The van der Waals surface area contributed by atoms with Crippen LogP contribution in [0.5, 0.6) is 0 Å². The van der Waals surface area contributed by atoms with E-state index in [1.54, 1.807) is 0 Å². The summed E-state index contributed by atoms with van der Waals surface area (Å²) in [6.07, 6.45) is 0.979. The van der Waals surface area contributed by atoms with Crippen LogP contribution in [0.25, 0.3) is 0 Å². The summed E-state index contributed by atoms with van der Waals surface area (Å²) in [5.74, 6) is 0.0488. The minimum absolute atomic E-state index is 0.244. The highest BCUT2D eigenvalue weighted by Crippen LogP contribution is 2.22. The summed E-state index contributed by atoms with van der Waals surface area (Å²) < 4.78 is 5.52. The van der Waals surface area contributed by atoms with Crippen molar-refractivity contribution in [1.29, 1.82) is 0 Å². The molecule has 0 unspecified atom stereocenters. The molecule has 0 atom stereocenters. The SMILES string of the molecule is CCc1ccc(C(=O)OC(C)(C)C(C)C)cc1. The monoisotopic (exact) mass is 234 g/mol. The number of carbonyl (C=O) groups excluding carboxylic acids is 1. The lowest BCUT2D eigenvalue weighted by Crippen LogP contribution is -2.33. The maximum Gasteiger partial charge on any atom is 0.338 e. The van der Waals surface area contributed by atoms with Gasteiger partial charge in [0.1, 0.15) is 5.60 Å². The van der Waals surface area contributed by atoms with E-state index in [0.29, 0.717) is 11.5 Å². The summed E-state index contributed by atoms with van der Waals surface area (Å²) in [6, 6.07) is 7.60. The zero-order valence-corrected chi connectivity index (χ0v) is 11.4. The van der Waals surface area contributed by atoms with E-state index in [1.807, 2.05) is 52.0 Å². The van der Waals surface area contributed by atoms with Gasteiger partial charge >= 0.3 is 5.97 Å². The Morgan fingerprint density at radius 2 is 1.76 bits per heavy atom. The van der Waals surface area contributed by atoms with E-state index < -0.39 is 5.60 Å². The normalized spacial score (nSPS) is 11.6. The fourth-order valence-corrected chi connectivity index (χ4v) is 1.29. The van der Waals surface area contributed by atoms with Gasteiger partial charge in [0, 0.05) is 0 Å². The number of ether oxygens (including phenoxy) is 1. The second-order valence-corrected chi connectivity index (χ2v) is 5.20. The van der Waals surface area contributed by atoms with Crippen LogP contribution in [0.3, 0.4) is 0 Å². The Hall–Kier alpha value is -1.31. The molecular weight excluding hydrogens is 212 g/mol. The molecule has 0 saturated carbocycles. The van der Waals surface area contributed by atoms with Crippen molar-refractivity contribution < 1.29 is 9.53 Å². The van der Waals surface area contributed by atoms with Crippen molar-refractivity contribution in [2.75, 3.05) is 0 Å². The van der Waals surface area contributed by atoms with Gasteiger partial charge < -0.3 is 4.74 Å². The van der Waals surface area contributed by atoms with Crippen LogP contribution < -0.4 is 0 Å². The lowest BCUT2D eigenvalue weighted by atomic mass is 9.94. The molecule has 0 radical (unpaired) electrons. The second-order valence-electron chi connectivity index (χ2n) is 5.20. The largest absolute Gasteiger partial charge is 0.456 e. The van der Waals surface area contributed by atoms with E-state index >= 15 is 0 Å². The van der Waals surface area contributed by atoms with Gasteiger partial charge in [0.2, 0.25) is 0 Å². The molecule has 1 aromatic rings. The summed E-state index contributed by atoms with van der Waals surface area (Å²) in [7, 11) is 0. The maximum atomic E-state index is 11.9. The topological polar surface area (TPSA) is 26.3 Å². The highest BCUT2D eigenvalue weighted by molar-refractivity contribution is 5.89. The van der Waals surface area contributed by atoms with Crippen molar-refractivity contribution in [2.45, 2.75) is 46.6 Å². The van der Waals surface area contributed by atoms with Crippen molar-refractivity contribution in [3.63, 3.8) is 0 Å². The third kappa shape index (κ3) is 3.58. The quantitative estimate of drug-likeness (QED) is 0.740. The first-order valence-corrected chi connectivity index (χ1v) is 6.19. The predicted molar refractivity (Wildman–Crippen MR) is 70.2 cm³/mol. The van der Waals surface area contributed by atoms with E-state index in [0.717, 1.165) is 6.42 Å². The third-order valence-corrected chi connectivity index (χ3v) is 3.34. The molecule has 0 aliphatic rings. The standard InChI is InChI=1S/C15H22O2/c1-6-12-7-9-13(10-8-12)14(16)17-15(4,5)11(2)3/h7-11H,6H2,1-5H3. The number of rotatable bonds is 4. The summed E-state index contributed by atoms with van der Waals surface area (Å²) in [6.45, 7) is 10.1. The van der Waals surface area contributed by atoms with Gasteiger partial charge in [0.15, 0.2) is 0 Å². The first kappa shape index (κ1) is 13.8. The average molecular weight is 234 g/mol. The van der Waals surface area contributed by atoms with Crippen molar-refractivity contribution >= 4 is 5.97 Å². The van der Waals surface area contributed by atoms with Crippen molar-refractivity contribution in [3.8, 4) is 0 Å². The smallest absolute Gasteiger partial charge is 0.338 e. The number of aryl methyl sites for hydroxylation is 1. The molecule has 1 rings (SSSR count). The summed E-state index contributed by atoms with van der Waals surface area (Å²) in [5.41, 5.74) is 1.42. The molecular formula is C15H22O2. The predicted octanol–water partition coefficient (Wildman–Crippen LogP) is 3.84. The molecule has 0 heterocycles. The molecule has 0 aliphatic heterocycles. The molecule has 0 spiro atoms. The van der Waals surface area contributed by atoms with Gasteiger partial charge in [0.05, 0.1) is 5.56 Å². The number of hydrogen-bond acceptors (Lipinski definition) is 2. The van der Waals surface area contributed by atoms with Gasteiger partial charge in [-0.2, -0.15) is 0 Å². The van der Waals surface area contributed by atoms with Crippen LogP contribution in [0, 0.1) is 5.92 Å². The average Bonchev–Trinajstić information content (AvgIpc) is 2.28. The van der Waals surface area contributed by atoms with Crippen molar-refractivity contribution in [2.24, 2.45) is 5.92 Å². The van der Waals surface area contributed by atoms with Gasteiger partial charge in [-0.1, -0.05) is 32.9 Å². The Balaban J connectivity index is 2.76. The molecule has 0 fully saturated rings. The molecule has 1 aromatic carbocycles. The zero-order valence-electron chi connectivity index (χ0n) is 11.4. The van der Waals surface area contributed by atoms with Crippen molar-refractivity contribution in [1.82, 2.24) is 0 Å². The Morgan fingerprint density at radius 3 is 2.18 bits per heavy atom. The number of esters is 1. The molecule has 94 valence electrons. The molecule has 0 aromatic heterocycles. The van der Waals surface area contributed by atoms with E-state index in [-0.39, 0.29) is 5.97 Å². The van der Waals surface area contributed by atoms with Crippen LogP contribution in [-0.2, 0) is 11.2 Å². The van der Waals surface area contributed by atoms with Gasteiger partial charge in [-0.3, -0.25) is 0 Å². The highest BCUT2D eigenvalue weighted by Gasteiger charge is 2.27. The van der Waals surface area contributed by atoms with Gasteiger partial charge in [-0.05, 0) is 43.9 Å². The lowest BCUT2D eigenvalue weighted by molar-refractivity contribution is -0.0222. The second kappa shape index (κ2) is 5.35. The van der Waals surface area contributed by atoms with E-state index in [1.165, 1.54) is 5.56 Å². The third-order valence-electron chi connectivity index (χ3n) is 3.34. The molecule has 0 N–H and O–H groups in total. The molecule has 0 aliphatic carbocycles. The van der Waals surface area contributed by atoms with Gasteiger partial charge in [0.25, 0.3) is 0 Å². The lowest BCUT2D eigenvalue weighted by Gasteiger charge is -2.29. The first-order valence-electron chi connectivity index (χ1n) is 6.19. The van der Waals surface area contributed by atoms with Gasteiger partial charge in [-0.15, -0.1) is 0 Å². The summed E-state index contributed by atoms with van der Waals surface area (Å²) >= 11 is 0. The fraction of sp³-hybridized carbons (Fsp3) is 0.533. The molecule has 0 amide bonds. The molecule has 0 bridgehead atoms.